The van der Waals surface area contributed by atoms with Crippen LogP contribution in [0, 0.1) is 11.3 Å². The molecule has 0 bridgehead atoms. The van der Waals surface area contributed by atoms with E-state index in [1.165, 1.54) is 12.1 Å². The van der Waals surface area contributed by atoms with E-state index in [1.807, 2.05) is 6.07 Å². The van der Waals surface area contributed by atoms with Crippen molar-refractivity contribution in [3.63, 3.8) is 0 Å². The number of hydrogen-bond donors (Lipinski definition) is 2. The quantitative estimate of drug-likeness (QED) is 0.116. The number of amides is 1. The standard InChI is InChI=1S/C23H15ClF12N6O4S/c1-39-16(42-8-11(7-40-42)10-2-3-13(24)12(6-10)17(43)41-18(9-37)4-5-18)14(19(25,26)27)15(38)46-47(44,45)23(35,36)21(30,31)20(28,29)22(32,33)34/h2-3,6-8H,4-5,38H2,1H3,(H,41,43). The van der Waals surface area contributed by atoms with Gasteiger partial charge < -0.3 is 15.2 Å². The summed E-state index contributed by atoms with van der Waals surface area (Å²) >= 11 is 6.05. The molecule has 24 heteroatoms. The average molecular weight is 735 g/mol. The molecule has 1 heterocycles. The second-order valence-corrected chi connectivity index (χ2v) is 11.5. The number of benzene rings is 1. The molecule has 1 aliphatic carbocycles. The number of halogens is 13. The van der Waals surface area contributed by atoms with Crippen molar-refractivity contribution >= 4 is 33.5 Å². The van der Waals surface area contributed by atoms with E-state index in [0.29, 0.717) is 26.1 Å². The fraction of sp³-hybridized carbons (Fsp3) is 0.391. The number of carbonyl (C=O) groups excluding carboxylic acids is 1. The second-order valence-electron chi connectivity index (χ2n) is 9.50. The lowest BCUT2D eigenvalue weighted by Crippen LogP contribution is -2.63. The first-order valence-electron chi connectivity index (χ1n) is 12.0. The number of alkyl halides is 12. The number of rotatable bonds is 9. The highest BCUT2D eigenvalue weighted by Gasteiger charge is 2.86. The van der Waals surface area contributed by atoms with Crippen LogP contribution in [0.15, 0.2) is 47.0 Å². The number of aromatic nitrogens is 2. The molecule has 10 nitrogen and oxygen atoms in total. The van der Waals surface area contributed by atoms with Gasteiger partial charge in [0.05, 0.1) is 22.9 Å². The Bertz CT molecular complexity index is 1790. The molecule has 0 unspecified atom stereocenters. The highest BCUT2D eigenvalue weighted by molar-refractivity contribution is 7.88. The molecule has 258 valence electrons. The fourth-order valence-corrected chi connectivity index (χ4v) is 4.65. The molecule has 1 aliphatic rings. The zero-order chi connectivity index (χ0) is 36.2. The van der Waals surface area contributed by atoms with Crippen LogP contribution in [0.4, 0.5) is 52.7 Å². The summed E-state index contributed by atoms with van der Waals surface area (Å²) in [4.78, 5) is 15.8. The summed E-state index contributed by atoms with van der Waals surface area (Å²) in [6.45, 7) is 0. The molecule has 1 aromatic carbocycles. The van der Waals surface area contributed by atoms with Crippen LogP contribution in [-0.4, -0.2) is 72.0 Å². The zero-order valence-corrected chi connectivity index (χ0v) is 24.2. The average Bonchev–Trinajstić information content (AvgIpc) is 3.53. The maximum Gasteiger partial charge on any atom is 0.460 e. The van der Waals surface area contributed by atoms with Crippen LogP contribution < -0.4 is 11.1 Å². The van der Waals surface area contributed by atoms with Gasteiger partial charge in [-0.05, 0) is 30.5 Å². The van der Waals surface area contributed by atoms with Crippen molar-refractivity contribution < 1.29 is 70.1 Å². The molecular weight excluding hydrogens is 720 g/mol. The Hall–Kier alpha value is -4.20. The number of nitrogens with one attached hydrogen (secondary N) is 1. The monoisotopic (exact) mass is 734 g/mol. The summed E-state index contributed by atoms with van der Waals surface area (Å²) in [6, 6.07) is 5.45. The first-order valence-corrected chi connectivity index (χ1v) is 13.8. The summed E-state index contributed by atoms with van der Waals surface area (Å²) in [7, 11) is -7.28. The highest BCUT2D eigenvalue weighted by Crippen LogP contribution is 2.55. The van der Waals surface area contributed by atoms with Gasteiger partial charge in [-0.1, -0.05) is 17.7 Å². The summed E-state index contributed by atoms with van der Waals surface area (Å²) in [6.07, 6.45) is -11.2. The van der Waals surface area contributed by atoms with E-state index < -0.39 is 68.3 Å². The molecule has 1 amide bonds. The minimum Gasteiger partial charge on any atom is -0.368 e. The van der Waals surface area contributed by atoms with Crippen LogP contribution >= 0.6 is 11.6 Å². The molecular formula is C23H15ClF12N6O4S. The molecule has 0 atom stereocenters. The van der Waals surface area contributed by atoms with Crippen LogP contribution in [-0.2, 0) is 14.3 Å². The first-order chi connectivity index (χ1) is 21.2. The van der Waals surface area contributed by atoms with Gasteiger partial charge in [0.2, 0.25) is 5.88 Å². The predicted molar refractivity (Wildman–Crippen MR) is 135 cm³/mol. The highest BCUT2D eigenvalue weighted by atomic mass is 35.5. The van der Waals surface area contributed by atoms with Gasteiger partial charge in [0, 0.05) is 18.8 Å². The number of nitrogens with zero attached hydrogens (tertiary/aromatic N) is 4. The third-order valence-corrected chi connectivity index (χ3v) is 7.87. The Morgan fingerprint density at radius 3 is 2.11 bits per heavy atom. The lowest BCUT2D eigenvalue weighted by Gasteiger charge is -2.32. The van der Waals surface area contributed by atoms with Crippen molar-refractivity contribution in [1.82, 2.24) is 15.1 Å². The van der Waals surface area contributed by atoms with E-state index in [2.05, 4.69) is 19.6 Å². The number of aliphatic imine (C=N–C) groups is 1. The lowest BCUT2D eigenvalue weighted by atomic mass is 10.1. The van der Waals surface area contributed by atoms with E-state index in [9.17, 15) is 71.2 Å². The molecule has 1 aromatic heterocycles. The maximum absolute atomic E-state index is 14.1. The third-order valence-electron chi connectivity index (χ3n) is 6.26. The van der Waals surface area contributed by atoms with Gasteiger partial charge in [-0.3, -0.25) is 9.79 Å². The Morgan fingerprint density at radius 2 is 1.64 bits per heavy atom. The van der Waals surface area contributed by atoms with Crippen LogP contribution in [0.5, 0.6) is 0 Å². The van der Waals surface area contributed by atoms with E-state index in [4.69, 9.17) is 17.3 Å². The molecule has 47 heavy (non-hydrogen) atoms. The molecule has 3 N–H and O–H groups in total. The van der Waals surface area contributed by atoms with Gasteiger partial charge in [-0.15, -0.1) is 0 Å². The van der Waals surface area contributed by atoms with Gasteiger partial charge in [-0.2, -0.15) is 71.5 Å². The number of nitrogens with two attached hydrogens (primary N) is 1. The van der Waals surface area contributed by atoms with Crippen LogP contribution in [0.3, 0.4) is 0 Å². The Balaban J connectivity index is 2.04. The summed E-state index contributed by atoms with van der Waals surface area (Å²) < 4.78 is 188. The molecule has 1 fully saturated rings. The van der Waals surface area contributed by atoms with Crippen LogP contribution in [0.1, 0.15) is 23.2 Å². The second kappa shape index (κ2) is 11.8. The predicted octanol–water partition coefficient (Wildman–Crippen LogP) is 5.37. The molecule has 0 saturated heterocycles. The molecule has 0 spiro atoms. The fourth-order valence-electron chi connectivity index (χ4n) is 3.58. The third kappa shape index (κ3) is 6.65. The topological polar surface area (TPSA) is 152 Å². The normalized spacial score (nSPS) is 16.7. The van der Waals surface area contributed by atoms with Gasteiger partial charge in [0.1, 0.15) is 5.54 Å². The lowest BCUT2D eigenvalue weighted by molar-refractivity contribution is -0.382. The van der Waals surface area contributed by atoms with E-state index >= 15 is 0 Å². The van der Waals surface area contributed by atoms with E-state index in [-0.39, 0.29) is 26.4 Å². The minimum absolute atomic E-state index is 0.0277. The Labute approximate surface area is 259 Å². The van der Waals surface area contributed by atoms with E-state index in [1.54, 1.807) is 0 Å². The number of allylic oxidation sites excluding steroid dienone is 1. The van der Waals surface area contributed by atoms with Crippen molar-refractivity contribution in [1.29, 1.82) is 5.26 Å². The van der Waals surface area contributed by atoms with Crippen molar-refractivity contribution in [2.24, 2.45) is 10.7 Å². The zero-order valence-electron chi connectivity index (χ0n) is 22.6. The Kier molecular flexibility index (Phi) is 9.35. The van der Waals surface area contributed by atoms with E-state index in [0.717, 1.165) is 12.3 Å². The number of carbonyl (C=O) groups is 1. The minimum atomic E-state index is -7.86. The largest absolute Gasteiger partial charge is 0.460 e. The van der Waals surface area contributed by atoms with Crippen molar-refractivity contribution in [2.75, 3.05) is 7.05 Å². The summed E-state index contributed by atoms with van der Waals surface area (Å²) in [5, 5.41) is 7.52. The van der Waals surface area contributed by atoms with Crippen LogP contribution in [0.25, 0.3) is 11.1 Å². The molecule has 3 rings (SSSR count). The SMILES string of the molecule is CN=C(C(=C(N)OS(=O)(=O)C(F)(F)C(F)(F)C(F)(F)C(F)(F)F)C(F)(F)F)n1cc(-c2ccc(Cl)c(C(=O)NC3(C#N)CC3)c2)cn1. The molecule has 2 aromatic rings. The molecule has 0 radical (unpaired) electrons. The summed E-state index contributed by atoms with van der Waals surface area (Å²) in [5.74, 6) is -20.7. The smallest absolute Gasteiger partial charge is 0.368 e. The number of nitriles is 1. The maximum atomic E-state index is 14.1. The Morgan fingerprint density at radius 1 is 1.06 bits per heavy atom. The van der Waals surface area contributed by atoms with Crippen LogP contribution in [0.2, 0.25) is 5.02 Å². The molecule has 1 saturated carbocycles. The summed E-state index contributed by atoms with van der Waals surface area (Å²) in [5.41, 5.74) is 0.798. The van der Waals surface area contributed by atoms with Crippen molar-refractivity contribution in [3.8, 4) is 17.2 Å². The molecule has 0 aliphatic heterocycles. The number of hydrogen-bond acceptors (Lipinski definition) is 8. The van der Waals surface area contributed by atoms with Gasteiger partial charge in [0.25, 0.3) is 5.91 Å². The van der Waals surface area contributed by atoms with Crippen molar-refractivity contribution in [3.05, 3.63) is 52.6 Å². The first kappa shape index (κ1) is 37.3. The van der Waals surface area contributed by atoms with Crippen molar-refractivity contribution in [2.45, 2.75) is 47.8 Å². The van der Waals surface area contributed by atoms with Gasteiger partial charge in [0.15, 0.2) is 11.4 Å². The van der Waals surface area contributed by atoms with Gasteiger partial charge in [-0.25, -0.2) is 4.68 Å². The van der Waals surface area contributed by atoms with Gasteiger partial charge >= 0.3 is 39.6 Å².